The Labute approximate surface area is 80.1 Å². The molecule has 1 unspecified atom stereocenters. The Morgan fingerprint density at radius 1 is 1.50 bits per heavy atom. The van der Waals surface area contributed by atoms with Crippen LogP contribution in [0.5, 0.6) is 0 Å². The summed E-state index contributed by atoms with van der Waals surface area (Å²) in [5.41, 5.74) is 5.02. The molecule has 0 saturated carbocycles. The van der Waals surface area contributed by atoms with Crippen LogP contribution in [-0.2, 0) is 9.53 Å². The summed E-state index contributed by atoms with van der Waals surface area (Å²) in [6, 6.07) is -0.478. The molecule has 0 spiro atoms. The summed E-state index contributed by atoms with van der Waals surface area (Å²) < 4.78 is 5.03. The highest BCUT2D eigenvalue weighted by Gasteiger charge is 2.20. The number of rotatable bonds is 2. The summed E-state index contributed by atoms with van der Waals surface area (Å²) in [4.78, 5) is 11.0. The molecule has 0 rings (SSSR count). The van der Waals surface area contributed by atoms with Gasteiger partial charge in [-0.3, -0.25) is 4.79 Å². The number of hydrogen-bond acceptors (Lipinski definition) is 3. The number of nitrogens with two attached hydrogens (primary N) is 1. The molecule has 0 radical (unpaired) electrons. The maximum absolute atomic E-state index is 11.0. The van der Waals surface area contributed by atoms with Crippen LogP contribution in [0.15, 0.2) is 0 Å². The van der Waals surface area contributed by atoms with Gasteiger partial charge in [0.2, 0.25) is 0 Å². The van der Waals surface area contributed by atoms with Gasteiger partial charge in [-0.25, -0.2) is 0 Å². The Morgan fingerprint density at radius 3 is 2.17 bits per heavy atom. The fourth-order valence-electron chi connectivity index (χ4n) is 0.544. The molecule has 0 fully saturated rings. The highest BCUT2D eigenvalue weighted by molar-refractivity contribution is 5.85. The molecule has 0 aromatic heterocycles. The van der Waals surface area contributed by atoms with Crippen LogP contribution in [0.3, 0.4) is 0 Å². The zero-order valence-corrected chi connectivity index (χ0v) is 8.90. The molecule has 0 aliphatic heterocycles. The third kappa shape index (κ3) is 6.43. The van der Waals surface area contributed by atoms with Crippen molar-refractivity contribution in [2.24, 2.45) is 5.73 Å². The van der Waals surface area contributed by atoms with E-state index in [1.807, 2.05) is 27.7 Å². The number of carbonyl (C=O) groups is 1. The number of ether oxygens (including phenoxy) is 1. The van der Waals surface area contributed by atoms with Crippen LogP contribution in [0, 0.1) is 0 Å². The van der Waals surface area contributed by atoms with E-state index in [1.54, 1.807) is 0 Å². The van der Waals surface area contributed by atoms with Crippen molar-refractivity contribution in [1.82, 2.24) is 0 Å². The molecule has 0 aliphatic carbocycles. The second-order valence-electron chi connectivity index (χ2n) is 3.55. The molecule has 12 heavy (non-hydrogen) atoms. The third-order valence-corrected chi connectivity index (χ3v) is 1.15. The summed E-state index contributed by atoms with van der Waals surface area (Å²) in [5.74, 6) is -0.319. The van der Waals surface area contributed by atoms with Gasteiger partial charge >= 0.3 is 5.97 Å². The summed E-state index contributed by atoms with van der Waals surface area (Å²) in [5, 5.41) is 0. The second kappa shape index (κ2) is 5.38. The Balaban J connectivity index is 0. The van der Waals surface area contributed by atoms with Crippen LogP contribution >= 0.6 is 12.4 Å². The lowest BCUT2D eigenvalue weighted by atomic mass is 10.2. The molecule has 1 atom stereocenters. The van der Waals surface area contributed by atoms with Crippen LogP contribution < -0.4 is 5.73 Å². The van der Waals surface area contributed by atoms with E-state index in [4.69, 9.17) is 10.5 Å². The summed E-state index contributed by atoms with van der Waals surface area (Å²) >= 11 is 0. The van der Waals surface area contributed by atoms with Gasteiger partial charge in [-0.15, -0.1) is 12.4 Å². The summed E-state index contributed by atoms with van der Waals surface area (Å²) in [6.45, 7) is 7.34. The maximum Gasteiger partial charge on any atom is 0.323 e. The first kappa shape index (κ1) is 14.3. The number of hydrogen-bond donors (Lipinski definition) is 1. The van der Waals surface area contributed by atoms with E-state index in [0.717, 1.165) is 0 Å². The number of esters is 1. The minimum Gasteiger partial charge on any atom is -0.459 e. The van der Waals surface area contributed by atoms with Crippen molar-refractivity contribution in [3.8, 4) is 0 Å². The van der Waals surface area contributed by atoms with Gasteiger partial charge in [0, 0.05) is 0 Å². The van der Waals surface area contributed by atoms with Crippen molar-refractivity contribution < 1.29 is 9.53 Å². The molecule has 0 aliphatic rings. The van der Waals surface area contributed by atoms with E-state index in [-0.39, 0.29) is 18.4 Å². The van der Waals surface area contributed by atoms with Crippen molar-refractivity contribution in [2.45, 2.75) is 45.8 Å². The topological polar surface area (TPSA) is 52.3 Å². The molecule has 2 N–H and O–H groups in total. The van der Waals surface area contributed by atoms with E-state index < -0.39 is 11.6 Å². The average Bonchev–Trinajstić information content (AvgIpc) is 1.82. The molecular weight excluding hydrogens is 178 g/mol. The lowest BCUT2D eigenvalue weighted by molar-refractivity contribution is -0.156. The highest BCUT2D eigenvalue weighted by Crippen LogP contribution is 2.08. The molecule has 0 heterocycles. The fraction of sp³-hybridized carbons (Fsp3) is 0.875. The van der Waals surface area contributed by atoms with Crippen molar-refractivity contribution in [3.05, 3.63) is 0 Å². The minimum atomic E-state index is -0.478. The van der Waals surface area contributed by atoms with Crippen molar-refractivity contribution in [1.29, 1.82) is 0 Å². The molecule has 74 valence electrons. The van der Waals surface area contributed by atoms with Crippen molar-refractivity contribution in [3.63, 3.8) is 0 Å². The predicted octanol–water partition coefficient (Wildman–Crippen LogP) is 1.49. The fourth-order valence-corrected chi connectivity index (χ4v) is 0.544. The largest absolute Gasteiger partial charge is 0.459 e. The average molecular weight is 196 g/mol. The second-order valence-corrected chi connectivity index (χ2v) is 3.55. The molecule has 0 aromatic carbocycles. The standard InChI is InChI=1S/C8H17NO2.ClH/c1-5-6(9)7(10)11-8(2,3)4;/h6H,5,9H2,1-4H3;1H. The van der Waals surface area contributed by atoms with Gasteiger partial charge in [-0.2, -0.15) is 0 Å². The van der Waals surface area contributed by atoms with Crippen molar-refractivity contribution in [2.75, 3.05) is 0 Å². The van der Waals surface area contributed by atoms with E-state index in [9.17, 15) is 4.79 Å². The molecule has 4 heteroatoms. The molecule has 0 bridgehead atoms. The van der Waals surface area contributed by atoms with Gasteiger partial charge in [-0.1, -0.05) is 6.92 Å². The normalized spacial score (nSPS) is 13.1. The van der Waals surface area contributed by atoms with Crippen LogP contribution in [0.4, 0.5) is 0 Å². The van der Waals surface area contributed by atoms with Gasteiger partial charge in [0.15, 0.2) is 0 Å². The lowest BCUT2D eigenvalue weighted by Crippen LogP contribution is -2.36. The van der Waals surface area contributed by atoms with Crippen LogP contribution in [0.25, 0.3) is 0 Å². The predicted molar refractivity (Wildman–Crippen MR) is 51.4 cm³/mol. The van der Waals surface area contributed by atoms with E-state index in [2.05, 4.69) is 0 Å². The number of carbonyl (C=O) groups excluding carboxylic acids is 1. The lowest BCUT2D eigenvalue weighted by Gasteiger charge is -2.21. The van der Waals surface area contributed by atoms with E-state index >= 15 is 0 Å². The Hall–Kier alpha value is -0.280. The maximum atomic E-state index is 11.0. The smallest absolute Gasteiger partial charge is 0.323 e. The first-order valence-corrected chi connectivity index (χ1v) is 3.85. The zero-order valence-electron chi connectivity index (χ0n) is 8.09. The number of halogens is 1. The first-order valence-electron chi connectivity index (χ1n) is 3.85. The van der Waals surface area contributed by atoms with Gasteiger partial charge < -0.3 is 10.5 Å². The highest BCUT2D eigenvalue weighted by atomic mass is 35.5. The van der Waals surface area contributed by atoms with Gasteiger partial charge in [0.1, 0.15) is 11.6 Å². The monoisotopic (exact) mass is 195 g/mol. The molecule has 0 aromatic rings. The molecular formula is C8H18ClNO2. The third-order valence-electron chi connectivity index (χ3n) is 1.15. The Kier molecular flexibility index (Phi) is 6.39. The van der Waals surface area contributed by atoms with Gasteiger partial charge in [0.25, 0.3) is 0 Å². The van der Waals surface area contributed by atoms with E-state index in [1.165, 1.54) is 0 Å². The minimum absolute atomic E-state index is 0. The van der Waals surface area contributed by atoms with Gasteiger partial charge in [0.05, 0.1) is 0 Å². The van der Waals surface area contributed by atoms with Crippen LogP contribution in [0.1, 0.15) is 34.1 Å². The van der Waals surface area contributed by atoms with Crippen molar-refractivity contribution >= 4 is 18.4 Å². The Bertz CT molecular complexity index is 142. The quantitative estimate of drug-likeness (QED) is 0.680. The molecule has 0 amide bonds. The van der Waals surface area contributed by atoms with Crippen LogP contribution in [-0.4, -0.2) is 17.6 Å². The molecule has 0 saturated heterocycles. The summed E-state index contributed by atoms with van der Waals surface area (Å²) in [6.07, 6.45) is 0.620. The zero-order chi connectivity index (χ0) is 9.07. The van der Waals surface area contributed by atoms with Crippen LogP contribution in [0.2, 0.25) is 0 Å². The van der Waals surface area contributed by atoms with Gasteiger partial charge in [-0.05, 0) is 27.2 Å². The molecule has 3 nitrogen and oxygen atoms in total. The summed E-state index contributed by atoms with van der Waals surface area (Å²) in [7, 11) is 0. The first-order chi connectivity index (χ1) is 4.87. The van der Waals surface area contributed by atoms with E-state index in [0.29, 0.717) is 6.42 Å². The Morgan fingerprint density at radius 2 is 1.92 bits per heavy atom. The SMILES string of the molecule is CCC(N)C(=O)OC(C)(C)C.Cl.